The van der Waals surface area contributed by atoms with Gasteiger partial charge in [-0.05, 0) is 25.7 Å². The molecule has 0 spiro atoms. The van der Waals surface area contributed by atoms with Gasteiger partial charge in [0.25, 0.3) is 0 Å². The van der Waals surface area contributed by atoms with Gasteiger partial charge in [-0.15, -0.1) is 0 Å². The van der Waals surface area contributed by atoms with Crippen molar-refractivity contribution < 1.29 is 0 Å². The maximum atomic E-state index is 4.42. The van der Waals surface area contributed by atoms with Gasteiger partial charge in [0.15, 0.2) is 0 Å². The summed E-state index contributed by atoms with van der Waals surface area (Å²) in [6.07, 6.45) is 6.35. The first kappa shape index (κ1) is 11.5. The first-order valence-electron chi connectivity index (χ1n) is 5.98. The van der Waals surface area contributed by atoms with Crippen molar-refractivity contribution in [2.24, 2.45) is 10.9 Å². The van der Waals surface area contributed by atoms with Crippen LogP contribution in [0.2, 0.25) is 0 Å². The summed E-state index contributed by atoms with van der Waals surface area (Å²) in [4.78, 5) is 4.42. The van der Waals surface area contributed by atoms with E-state index in [1.54, 1.807) is 0 Å². The molecule has 2 heteroatoms. The summed E-state index contributed by atoms with van der Waals surface area (Å²) in [5.41, 5.74) is 0. The molecule has 0 radical (unpaired) electrons. The van der Waals surface area contributed by atoms with E-state index in [0.29, 0.717) is 6.04 Å². The molecule has 0 aliphatic carbocycles. The predicted octanol–water partition coefficient (Wildman–Crippen LogP) is 2.98. The van der Waals surface area contributed by atoms with Crippen LogP contribution in [0, 0.1) is 5.92 Å². The highest BCUT2D eigenvalue weighted by atomic mass is 15.0. The van der Waals surface area contributed by atoms with E-state index in [-0.39, 0.29) is 0 Å². The molecule has 0 amide bonds. The quantitative estimate of drug-likeness (QED) is 0.718. The van der Waals surface area contributed by atoms with Crippen LogP contribution >= 0.6 is 0 Å². The van der Waals surface area contributed by atoms with Crippen molar-refractivity contribution in [3.8, 4) is 0 Å². The highest BCUT2D eigenvalue weighted by Gasteiger charge is 2.09. The van der Waals surface area contributed by atoms with Crippen LogP contribution in [0.1, 0.15) is 52.9 Å². The van der Waals surface area contributed by atoms with Crippen LogP contribution in [0.15, 0.2) is 4.99 Å². The fourth-order valence-electron chi connectivity index (χ4n) is 1.85. The molecule has 0 bridgehead atoms. The molecular formula is C12H24N2. The molecule has 0 aromatic rings. The molecule has 0 saturated carbocycles. The maximum Gasteiger partial charge on any atom is 0.0965 e. The van der Waals surface area contributed by atoms with E-state index in [0.717, 1.165) is 18.9 Å². The number of hydrogen-bond acceptors (Lipinski definition) is 2. The van der Waals surface area contributed by atoms with Crippen molar-refractivity contribution in [2.75, 3.05) is 6.54 Å². The maximum absolute atomic E-state index is 4.42. The minimum absolute atomic E-state index is 0.602. The summed E-state index contributed by atoms with van der Waals surface area (Å²) in [6.45, 7) is 7.88. The van der Waals surface area contributed by atoms with Gasteiger partial charge >= 0.3 is 0 Å². The van der Waals surface area contributed by atoms with Crippen LogP contribution < -0.4 is 5.32 Å². The van der Waals surface area contributed by atoms with Crippen LogP contribution in [0.5, 0.6) is 0 Å². The van der Waals surface area contributed by atoms with Gasteiger partial charge in [0, 0.05) is 19.0 Å². The molecule has 0 saturated heterocycles. The molecule has 1 unspecified atom stereocenters. The van der Waals surface area contributed by atoms with Crippen molar-refractivity contribution in [3.05, 3.63) is 0 Å². The topological polar surface area (TPSA) is 24.4 Å². The minimum Gasteiger partial charge on any atom is -0.371 e. The Morgan fingerprint density at radius 3 is 2.64 bits per heavy atom. The third-order valence-corrected chi connectivity index (χ3v) is 2.71. The van der Waals surface area contributed by atoms with E-state index in [4.69, 9.17) is 0 Å². The first-order valence-corrected chi connectivity index (χ1v) is 5.98. The fourth-order valence-corrected chi connectivity index (χ4v) is 1.85. The molecule has 1 atom stereocenters. The largest absolute Gasteiger partial charge is 0.371 e. The summed E-state index contributed by atoms with van der Waals surface area (Å²) in [7, 11) is 0. The standard InChI is InChI=1S/C12H24N2/c1-10(2)6-4-7-11(3)14-12-8-5-9-13-12/h10-11H,4-9H2,1-3H3,(H,13,14). The Bertz CT molecular complexity index is 185. The van der Waals surface area contributed by atoms with E-state index >= 15 is 0 Å². The zero-order valence-corrected chi connectivity index (χ0v) is 9.84. The van der Waals surface area contributed by atoms with Gasteiger partial charge in [0.2, 0.25) is 0 Å². The lowest BCUT2D eigenvalue weighted by molar-refractivity contribution is 0.493. The van der Waals surface area contributed by atoms with Crippen LogP contribution in [0.25, 0.3) is 0 Å². The third-order valence-electron chi connectivity index (χ3n) is 2.71. The molecule has 0 fully saturated rings. The van der Waals surface area contributed by atoms with Gasteiger partial charge < -0.3 is 5.32 Å². The van der Waals surface area contributed by atoms with Gasteiger partial charge in [-0.1, -0.05) is 26.7 Å². The van der Waals surface area contributed by atoms with E-state index in [2.05, 4.69) is 31.1 Å². The van der Waals surface area contributed by atoms with Crippen molar-refractivity contribution in [3.63, 3.8) is 0 Å². The molecule has 1 aliphatic heterocycles. The average molecular weight is 196 g/mol. The predicted molar refractivity (Wildman–Crippen MR) is 62.8 cm³/mol. The van der Waals surface area contributed by atoms with Crippen molar-refractivity contribution in [1.82, 2.24) is 5.32 Å². The summed E-state index contributed by atoms with van der Waals surface area (Å²) in [6, 6.07) is 0.602. The number of nitrogens with one attached hydrogen (secondary N) is 1. The molecule has 1 aliphatic rings. The second kappa shape index (κ2) is 6.05. The average Bonchev–Trinajstić information content (AvgIpc) is 2.56. The summed E-state index contributed by atoms with van der Waals surface area (Å²) in [5, 5.41) is 3.50. The summed E-state index contributed by atoms with van der Waals surface area (Å²) in [5.74, 6) is 2.08. The van der Waals surface area contributed by atoms with Gasteiger partial charge in [-0.2, -0.15) is 0 Å². The van der Waals surface area contributed by atoms with Gasteiger partial charge in [-0.25, -0.2) is 0 Å². The van der Waals surface area contributed by atoms with E-state index in [9.17, 15) is 0 Å². The number of nitrogens with zero attached hydrogens (tertiary/aromatic N) is 1. The van der Waals surface area contributed by atoms with Crippen LogP contribution in [-0.2, 0) is 0 Å². The molecule has 1 heterocycles. The SMILES string of the molecule is CC(C)CCCC(C)NC1=NCCC1. The van der Waals surface area contributed by atoms with Crippen LogP contribution in [0.4, 0.5) is 0 Å². The zero-order chi connectivity index (χ0) is 10.4. The number of hydrogen-bond donors (Lipinski definition) is 1. The number of aliphatic imine (C=N–C) groups is 1. The number of rotatable bonds is 5. The molecule has 14 heavy (non-hydrogen) atoms. The zero-order valence-electron chi connectivity index (χ0n) is 9.84. The normalized spacial score (nSPS) is 18.4. The second-order valence-corrected chi connectivity index (χ2v) is 4.80. The summed E-state index contributed by atoms with van der Waals surface area (Å²) < 4.78 is 0. The third kappa shape index (κ3) is 4.64. The summed E-state index contributed by atoms with van der Waals surface area (Å²) >= 11 is 0. The highest BCUT2D eigenvalue weighted by molar-refractivity contribution is 5.83. The highest BCUT2D eigenvalue weighted by Crippen LogP contribution is 2.09. The van der Waals surface area contributed by atoms with Gasteiger partial charge in [0.05, 0.1) is 5.84 Å². The Labute approximate surface area is 88.2 Å². The molecular weight excluding hydrogens is 172 g/mol. The molecule has 2 nitrogen and oxygen atoms in total. The van der Waals surface area contributed by atoms with Gasteiger partial charge in [0.1, 0.15) is 0 Å². The van der Waals surface area contributed by atoms with Crippen molar-refractivity contribution in [2.45, 2.75) is 58.9 Å². The molecule has 0 aromatic carbocycles. The second-order valence-electron chi connectivity index (χ2n) is 4.80. The van der Waals surface area contributed by atoms with E-state index in [1.165, 1.54) is 31.5 Å². The lowest BCUT2D eigenvalue weighted by Gasteiger charge is -2.15. The van der Waals surface area contributed by atoms with Crippen molar-refractivity contribution >= 4 is 5.84 Å². The van der Waals surface area contributed by atoms with Crippen molar-refractivity contribution in [1.29, 1.82) is 0 Å². The van der Waals surface area contributed by atoms with Crippen LogP contribution in [0.3, 0.4) is 0 Å². The molecule has 1 rings (SSSR count). The lowest BCUT2D eigenvalue weighted by atomic mass is 10.0. The Morgan fingerprint density at radius 1 is 1.29 bits per heavy atom. The van der Waals surface area contributed by atoms with Gasteiger partial charge in [-0.3, -0.25) is 4.99 Å². The number of amidine groups is 1. The Hall–Kier alpha value is -0.530. The Morgan fingerprint density at radius 2 is 2.07 bits per heavy atom. The minimum atomic E-state index is 0.602. The van der Waals surface area contributed by atoms with Crippen LogP contribution in [-0.4, -0.2) is 18.4 Å². The lowest BCUT2D eigenvalue weighted by Crippen LogP contribution is -2.31. The molecule has 82 valence electrons. The Kier molecular flexibility index (Phi) is 4.99. The Balaban J connectivity index is 2.06. The monoisotopic (exact) mass is 196 g/mol. The molecule has 0 aromatic heterocycles. The van der Waals surface area contributed by atoms with E-state index < -0.39 is 0 Å². The smallest absolute Gasteiger partial charge is 0.0965 e. The molecule has 1 N–H and O–H groups in total. The fraction of sp³-hybridized carbons (Fsp3) is 0.917. The first-order chi connectivity index (χ1) is 6.68. The van der Waals surface area contributed by atoms with E-state index in [1.807, 2.05) is 0 Å².